The first-order chi connectivity index (χ1) is 6.71. The van der Waals surface area contributed by atoms with Crippen molar-refractivity contribution in [3.63, 3.8) is 0 Å². The molecular weight excluding hydrogens is 225 g/mol. The van der Waals surface area contributed by atoms with Gasteiger partial charge in [0.1, 0.15) is 0 Å². The second kappa shape index (κ2) is 4.14. The van der Waals surface area contributed by atoms with Gasteiger partial charge in [-0.05, 0) is 32.4 Å². The van der Waals surface area contributed by atoms with Crippen molar-refractivity contribution in [2.45, 2.75) is 38.5 Å². The van der Waals surface area contributed by atoms with Crippen LogP contribution in [0, 0.1) is 6.92 Å². The summed E-state index contributed by atoms with van der Waals surface area (Å²) in [6.45, 7) is 3.28. The van der Waals surface area contributed by atoms with Crippen LogP contribution in [-0.2, 0) is 5.60 Å². The lowest BCUT2D eigenvalue weighted by Crippen LogP contribution is -2.23. The van der Waals surface area contributed by atoms with Gasteiger partial charge in [0.25, 0.3) is 0 Å². The molecule has 0 saturated carbocycles. The van der Waals surface area contributed by atoms with Gasteiger partial charge in [-0.1, -0.05) is 0 Å². The van der Waals surface area contributed by atoms with E-state index < -0.39 is 18.2 Å². The Morgan fingerprint density at radius 2 is 1.87 bits per heavy atom. The monoisotopic (exact) mass is 238 g/mol. The number of alkyl halides is 3. The van der Waals surface area contributed by atoms with Gasteiger partial charge in [0.15, 0.2) is 0 Å². The molecule has 0 radical (unpaired) electrons. The summed E-state index contributed by atoms with van der Waals surface area (Å²) in [5.74, 6) is 0. The fraction of sp³-hybridized carbons (Fsp3) is 0.600. The predicted octanol–water partition coefficient (Wildman–Crippen LogP) is 3.61. The van der Waals surface area contributed by atoms with Crippen molar-refractivity contribution < 1.29 is 18.3 Å². The van der Waals surface area contributed by atoms with E-state index in [0.29, 0.717) is 4.88 Å². The minimum atomic E-state index is -4.21. The van der Waals surface area contributed by atoms with Gasteiger partial charge in [-0.3, -0.25) is 0 Å². The van der Waals surface area contributed by atoms with Gasteiger partial charge in [-0.2, -0.15) is 13.2 Å². The van der Waals surface area contributed by atoms with Crippen molar-refractivity contribution in [3.8, 4) is 0 Å². The molecule has 0 fully saturated rings. The highest BCUT2D eigenvalue weighted by Gasteiger charge is 2.33. The zero-order valence-corrected chi connectivity index (χ0v) is 9.37. The Morgan fingerprint density at radius 1 is 1.27 bits per heavy atom. The number of hydrogen-bond donors (Lipinski definition) is 1. The van der Waals surface area contributed by atoms with Gasteiger partial charge in [-0.15, -0.1) is 11.3 Å². The van der Waals surface area contributed by atoms with Crippen LogP contribution in [0.4, 0.5) is 13.2 Å². The van der Waals surface area contributed by atoms with Crippen LogP contribution < -0.4 is 0 Å². The van der Waals surface area contributed by atoms with E-state index in [2.05, 4.69) is 0 Å². The molecule has 0 aliphatic rings. The maximum absolute atomic E-state index is 12.0. The molecule has 1 atom stereocenters. The smallest absolute Gasteiger partial charge is 0.385 e. The number of aliphatic hydroxyl groups is 1. The van der Waals surface area contributed by atoms with E-state index in [1.54, 1.807) is 12.1 Å². The summed E-state index contributed by atoms with van der Waals surface area (Å²) < 4.78 is 36.0. The highest BCUT2D eigenvalue weighted by atomic mass is 32.1. The predicted molar refractivity (Wildman–Crippen MR) is 53.9 cm³/mol. The lowest BCUT2D eigenvalue weighted by molar-refractivity contribution is -0.146. The standard InChI is InChI=1S/C10H13F3OS/c1-7-3-4-8(15-7)9(2,14)5-6-10(11,12)13/h3-4,14H,5-6H2,1-2H3. The maximum Gasteiger partial charge on any atom is 0.389 e. The number of aryl methyl sites for hydroxylation is 1. The summed E-state index contributed by atoms with van der Waals surface area (Å²) in [6.07, 6.45) is -5.47. The summed E-state index contributed by atoms with van der Waals surface area (Å²) in [5.41, 5.74) is -1.38. The number of hydrogen-bond acceptors (Lipinski definition) is 2. The Morgan fingerprint density at radius 3 is 2.27 bits per heavy atom. The molecule has 1 rings (SSSR count). The minimum absolute atomic E-state index is 0.295. The average molecular weight is 238 g/mol. The fourth-order valence-corrected chi connectivity index (χ4v) is 2.17. The third-order valence-electron chi connectivity index (χ3n) is 2.17. The molecule has 86 valence electrons. The molecule has 0 amide bonds. The highest BCUT2D eigenvalue weighted by molar-refractivity contribution is 7.12. The Labute approximate surface area is 90.6 Å². The van der Waals surface area contributed by atoms with Gasteiger partial charge in [0.2, 0.25) is 0 Å². The van der Waals surface area contributed by atoms with Crippen LogP contribution in [0.25, 0.3) is 0 Å². The Balaban J connectivity index is 2.67. The van der Waals surface area contributed by atoms with Crippen molar-refractivity contribution in [2.24, 2.45) is 0 Å². The zero-order chi connectivity index (χ0) is 11.7. The summed E-state index contributed by atoms with van der Waals surface area (Å²) in [6, 6.07) is 3.47. The van der Waals surface area contributed by atoms with Crippen LogP contribution in [-0.4, -0.2) is 11.3 Å². The van der Waals surface area contributed by atoms with E-state index in [-0.39, 0.29) is 6.42 Å². The van der Waals surface area contributed by atoms with Gasteiger partial charge in [0, 0.05) is 16.2 Å². The second-order valence-corrected chi connectivity index (χ2v) is 5.09. The maximum atomic E-state index is 12.0. The van der Waals surface area contributed by atoms with Crippen LogP contribution in [0.5, 0.6) is 0 Å². The summed E-state index contributed by atoms with van der Waals surface area (Å²) >= 11 is 1.33. The molecule has 0 aliphatic heterocycles. The lowest BCUT2D eigenvalue weighted by atomic mass is 9.98. The fourth-order valence-electron chi connectivity index (χ4n) is 1.23. The lowest BCUT2D eigenvalue weighted by Gasteiger charge is -2.22. The van der Waals surface area contributed by atoms with E-state index in [1.807, 2.05) is 6.92 Å². The molecule has 1 heterocycles. The highest BCUT2D eigenvalue weighted by Crippen LogP contribution is 2.35. The largest absolute Gasteiger partial charge is 0.389 e. The molecule has 1 aromatic heterocycles. The van der Waals surface area contributed by atoms with E-state index in [0.717, 1.165) is 4.88 Å². The van der Waals surface area contributed by atoms with Gasteiger partial charge in [-0.25, -0.2) is 0 Å². The second-order valence-electron chi connectivity index (χ2n) is 3.80. The van der Waals surface area contributed by atoms with Gasteiger partial charge >= 0.3 is 6.18 Å². The molecule has 5 heteroatoms. The van der Waals surface area contributed by atoms with Gasteiger partial charge < -0.3 is 5.11 Å². The van der Waals surface area contributed by atoms with Crippen molar-refractivity contribution in [1.29, 1.82) is 0 Å². The normalized spacial score (nSPS) is 16.4. The average Bonchev–Trinajstić information content (AvgIpc) is 2.48. The van der Waals surface area contributed by atoms with Crippen molar-refractivity contribution in [2.75, 3.05) is 0 Å². The van der Waals surface area contributed by atoms with E-state index >= 15 is 0 Å². The summed E-state index contributed by atoms with van der Waals surface area (Å²) in [7, 11) is 0. The zero-order valence-electron chi connectivity index (χ0n) is 8.56. The summed E-state index contributed by atoms with van der Waals surface area (Å²) in [4.78, 5) is 1.57. The number of thiophene rings is 1. The molecule has 0 aromatic carbocycles. The van der Waals surface area contributed by atoms with Crippen LogP contribution in [0.2, 0.25) is 0 Å². The molecule has 0 bridgehead atoms. The molecular formula is C10H13F3OS. The Bertz CT molecular complexity index is 328. The Kier molecular flexibility index (Phi) is 3.45. The SMILES string of the molecule is Cc1ccc(C(C)(O)CCC(F)(F)F)s1. The van der Waals surface area contributed by atoms with Crippen LogP contribution in [0.3, 0.4) is 0 Å². The first kappa shape index (κ1) is 12.5. The molecule has 1 aromatic rings. The quantitative estimate of drug-likeness (QED) is 0.853. The third kappa shape index (κ3) is 3.83. The van der Waals surface area contributed by atoms with Crippen LogP contribution in [0.15, 0.2) is 12.1 Å². The topological polar surface area (TPSA) is 20.2 Å². The minimum Gasteiger partial charge on any atom is -0.385 e. The van der Waals surface area contributed by atoms with Crippen molar-refractivity contribution in [3.05, 3.63) is 21.9 Å². The van der Waals surface area contributed by atoms with E-state index in [1.165, 1.54) is 18.3 Å². The van der Waals surface area contributed by atoms with Crippen molar-refractivity contribution in [1.82, 2.24) is 0 Å². The molecule has 0 saturated heterocycles. The molecule has 1 nitrogen and oxygen atoms in total. The molecule has 15 heavy (non-hydrogen) atoms. The number of halogens is 3. The molecule has 1 unspecified atom stereocenters. The summed E-state index contributed by atoms with van der Waals surface area (Å²) in [5, 5.41) is 9.87. The van der Waals surface area contributed by atoms with Crippen LogP contribution >= 0.6 is 11.3 Å². The number of rotatable bonds is 3. The van der Waals surface area contributed by atoms with E-state index in [4.69, 9.17) is 0 Å². The first-order valence-corrected chi connectivity index (χ1v) is 5.38. The van der Waals surface area contributed by atoms with E-state index in [9.17, 15) is 18.3 Å². The Hall–Kier alpha value is -0.550. The molecule has 1 N–H and O–H groups in total. The molecule has 0 spiro atoms. The van der Waals surface area contributed by atoms with Crippen molar-refractivity contribution >= 4 is 11.3 Å². The van der Waals surface area contributed by atoms with Crippen LogP contribution in [0.1, 0.15) is 29.5 Å². The third-order valence-corrected chi connectivity index (χ3v) is 3.42. The van der Waals surface area contributed by atoms with Gasteiger partial charge in [0.05, 0.1) is 5.60 Å². The molecule has 0 aliphatic carbocycles. The first-order valence-electron chi connectivity index (χ1n) is 4.57.